The number of nitrogens with zero attached hydrogens (tertiary/aromatic N) is 1. The molecule has 4 heteroatoms. The normalized spacial score (nSPS) is 30.6. The summed E-state index contributed by atoms with van der Waals surface area (Å²) in [5, 5.41) is 18.8. The van der Waals surface area contributed by atoms with Crippen molar-refractivity contribution in [2.24, 2.45) is 5.92 Å². The second-order valence-electron chi connectivity index (χ2n) is 3.00. The summed E-state index contributed by atoms with van der Waals surface area (Å²) in [6, 6.07) is 0. The number of hydrogen-bond acceptors (Lipinski definition) is 2. The van der Waals surface area contributed by atoms with Crippen molar-refractivity contribution in [3.63, 3.8) is 0 Å². The summed E-state index contributed by atoms with van der Waals surface area (Å²) in [5.74, 6) is -0.0316. The van der Waals surface area contributed by atoms with Crippen molar-refractivity contribution >= 4 is 16.8 Å². The Balaban J connectivity index is 3.00. The van der Waals surface area contributed by atoms with E-state index in [4.69, 9.17) is 16.7 Å². The van der Waals surface area contributed by atoms with Crippen LogP contribution in [0.2, 0.25) is 0 Å². The quantitative estimate of drug-likeness (QED) is 0.579. The highest BCUT2D eigenvalue weighted by molar-refractivity contribution is 6.65. The molecule has 2 atom stereocenters. The summed E-state index contributed by atoms with van der Waals surface area (Å²) in [6.45, 7) is 1.81. The highest BCUT2D eigenvalue weighted by Crippen LogP contribution is 2.17. The van der Waals surface area contributed by atoms with Crippen molar-refractivity contribution in [1.82, 2.24) is 0 Å². The molecule has 0 spiro atoms. The highest BCUT2D eigenvalue weighted by atomic mass is 35.5. The largest absolute Gasteiger partial charge is 0.385 e. The maximum absolute atomic E-state index is 9.49. The second-order valence-corrected chi connectivity index (χ2v) is 3.39. The van der Waals surface area contributed by atoms with Gasteiger partial charge in [-0.15, -0.1) is 0 Å². The molecule has 0 aromatic heterocycles. The standard InChI is InChI=1S/C8H13ClNO2/c1-5-3-6(4-11)10(2)8(9)7(5)12/h3,5,7,11-12H,4H2,1-2H3/q+1. The molecule has 0 radical (unpaired) electrons. The van der Waals surface area contributed by atoms with Crippen LogP contribution in [0.25, 0.3) is 0 Å². The lowest BCUT2D eigenvalue weighted by molar-refractivity contribution is -0.452. The molecule has 1 aliphatic rings. The zero-order valence-corrected chi connectivity index (χ0v) is 7.91. The maximum Gasteiger partial charge on any atom is 0.280 e. The predicted molar refractivity (Wildman–Crippen MR) is 47.4 cm³/mol. The van der Waals surface area contributed by atoms with Crippen LogP contribution >= 0.6 is 11.6 Å². The van der Waals surface area contributed by atoms with Gasteiger partial charge in [0.15, 0.2) is 6.10 Å². The van der Waals surface area contributed by atoms with Gasteiger partial charge >= 0.3 is 0 Å². The lowest BCUT2D eigenvalue weighted by Gasteiger charge is -2.18. The molecule has 0 fully saturated rings. The molecule has 0 aromatic carbocycles. The van der Waals surface area contributed by atoms with Crippen molar-refractivity contribution in [2.45, 2.75) is 13.0 Å². The van der Waals surface area contributed by atoms with Gasteiger partial charge in [-0.2, -0.15) is 4.58 Å². The van der Waals surface area contributed by atoms with Crippen LogP contribution in [-0.4, -0.2) is 39.7 Å². The molecule has 3 nitrogen and oxygen atoms in total. The molecular formula is C8H13ClNO2+. The average Bonchev–Trinajstić information content (AvgIpc) is 2.08. The topological polar surface area (TPSA) is 43.5 Å². The van der Waals surface area contributed by atoms with E-state index in [-0.39, 0.29) is 12.5 Å². The minimum atomic E-state index is -0.646. The van der Waals surface area contributed by atoms with E-state index in [0.29, 0.717) is 5.17 Å². The number of hydrogen-bond donors (Lipinski definition) is 2. The predicted octanol–water partition coefficient (Wildman–Crippen LogP) is 0.153. The molecule has 2 unspecified atom stereocenters. The monoisotopic (exact) mass is 190 g/mol. The van der Waals surface area contributed by atoms with Gasteiger partial charge in [0.05, 0.1) is 0 Å². The Morgan fingerprint density at radius 2 is 2.25 bits per heavy atom. The van der Waals surface area contributed by atoms with Gasteiger partial charge in [0.2, 0.25) is 5.70 Å². The summed E-state index contributed by atoms with van der Waals surface area (Å²) in [6.07, 6.45) is 1.17. The highest BCUT2D eigenvalue weighted by Gasteiger charge is 2.31. The molecule has 2 N–H and O–H groups in total. The van der Waals surface area contributed by atoms with Gasteiger partial charge in [0.25, 0.3) is 5.17 Å². The van der Waals surface area contributed by atoms with Crippen LogP contribution in [0.15, 0.2) is 11.8 Å². The van der Waals surface area contributed by atoms with Gasteiger partial charge in [-0.1, -0.05) is 6.92 Å². The Morgan fingerprint density at radius 3 is 2.75 bits per heavy atom. The van der Waals surface area contributed by atoms with Gasteiger partial charge < -0.3 is 10.2 Å². The maximum atomic E-state index is 9.49. The molecule has 0 bridgehead atoms. The molecule has 0 saturated carbocycles. The van der Waals surface area contributed by atoms with E-state index in [9.17, 15) is 5.11 Å². The lowest BCUT2D eigenvalue weighted by atomic mass is 10.0. The van der Waals surface area contributed by atoms with Crippen molar-refractivity contribution in [3.05, 3.63) is 11.8 Å². The van der Waals surface area contributed by atoms with E-state index in [1.54, 1.807) is 11.6 Å². The molecule has 1 rings (SSSR count). The van der Waals surface area contributed by atoms with Gasteiger partial charge in [0, 0.05) is 5.92 Å². The van der Waals surface area contributed by atoms with E-state index >= 15 is 0 Å². The molecule has 0 saturated heterocycles. The number of aliphatic hydroxyl groups excluding tert-OH is 2. The van der Waals surface area contributed by atoms with Gasteiger partial charge in [-0.3, -0.25) is 0 Å². The van der Waals surface area contributed by atoms with Gasteiger partial charge in [0.1, 0.15) is 13.7 Å². The van der Waals surface area contributed by atoms with Crippen LogP contribution in [0.3, 0.4) is 0 Å². The zero-order valence-electron chi connectivity index (χ0n) is 7.16. The average molecular weight is 191 g/mol. The van der Waals surface area contributed by atoms with Gasteiger partial charge in [-0.05, 0) is 17.7 Å². The van der Waals surface area contributed by atoms with Crippen molar-refractivity contribution < 1.29 is 14.8 Å². The van der Waals surface area contributed by atoms with E-state index in [1.807, 2.05) is 13.0 Å². The molecule has 0 amide bonds. The number of likely N-dealkylation sites (N-methyl/N-ethyl adjacent to an activating group) is 1. The fourth-order valence-electron chi connectivity index (χ4n) is 1.22. The van der Waals surface area contributed by atoms with Crippen molar-refractivity contribution in [3.8, 4) is 0 Å². The molecule has 12 heavy (non-hydrogen) atoms. The Labute approximate surface area is 76.6 Å². The Morgan fingerprint density at radius 1 is 1.67 bits per heavy atom. The van der Waals surface area contributed by atoms with Crippen LogP contribution in [0.1, 0.15) is 6.92 Å². The summed E-state index contributed by atoms with van der Waals surface area (Å²) in [4.78, 5) is 0. The Hall–Kier alpha value is -0.380. The smallest absolute Gasteiger partial charge is 0.280 e. The Kier molecular flexibility index (Phi) is 2.88. The first-order chi connectivity index (χ1) is 5.57. The fraction of sp³-hybridized carbons (Fsp3) is 0.625. The number of halogens is 1. The summed E-state index contributed by atoms with van der Waals surface area (Å²) in [5.41, 5.74) is 0.734. The molecular weight excluding hydrogens is 178 g/mol. The lowest BCUT2D eigenvalue weighted by Crippen LogP contribution is -2.35. The first kappa shape index (κ1) is 9.71. The molecule has 0 aliphatic carbocycles. The van der Waals surface area contributed by atoms with Crippen LogP contribution < -0.4 is 0 Å². The summed E-state index contributed by atoms with van der Waals surface area (Å²) < 4.78 is 1.60. The first-order valence-electron chi connectivity index (χ1n) is 3.83. The summed E-state index contributed by atoms with van der Waals surface area (Å²) in [7, 11) is 1.72. The van der Waals surface area contributed by atoms with Crippen LogP contribution in [0, 0.1) is 5.92 Å². The van der Waals surface area contributed by atoms with Crippen LogP contribution in [-0.2, 0) is 0 Å². The minimum Gasteiger partial charge on any atom is -0.385 e. The third-order valence-corrected chi connectivity index (χ3v) is 2.59. The third kappa shape index (κ3) is 1.53. The second kappa shape index (κ2) is 3.56. The number of rotatable bonds is 1. The molecule has 68 valence electrons. The van der Waals surface area contributed by atoms with E-state index in [2.05, 4.69) is 0 Å². The molecule has 1 aliphatic heterocycles. The molecule has 0 aromatic rings. The van der Waals surface area contributed by atoms with Gasteiger partial charge in [-0.25, -0.2) is 0 Å². The minimum absolute atomic E-state index is 0.0316. The Bertz CT molecular complexity index is 247. The SMILES string of the molecule is CC1C=C(CO)[N+](C)=C(Cl)C1O. The number of aliphatic hydroxyl groups is 2. The van der Waals surface area contributed by atoms with Crippen LogP contribution in [0.4, 0.5) is 0 Å². The van der Waals surface area contributed by atoms with Crippen molar-refractivity contribution in [2.75, 3.05) is 13.7 Å². The fourth-order valence-corrected chi connectivity index (χ4v) is 1.52. The zero-order chi connectivity index (χ0) is 9.30. The van der Waals surface area contributed by atoms with Crippen molar-refractivity contribution in [1.29, 1.82) is 0 Å². The van der Waals surface area contributed by atoms with Crippen LogP contribution in [0.5, 0.6) is 0 Å². The van der Waals surface area contributed by atoms with E-state index < -0.39 is 6.10 Å². The third-order valence-electron chi connectivity index (χ3n) is 2.11. The summed E-state index contributed by atoms with van der Waals surface area (Å²) >= 11 is 5.83. The molecule has 1 heterocycles. The van der Waals surface area contributed by atoms with E-state index in [1.165, 1.54) is 0 Å². The van der Waals surface area contributed by atoms with E-state index in [0.717, 1.165) is 5.70 Å². The first-order valence-corrected chi connectivity index (χ1v) is 4.21.